The van der Waals surface area contributed by atoms with Crippen LogP contribution in [0.1, 0.15) is 93.4 Å². The first-order valence-electron chi connectivity index (χ1n) is 13.7. The van der Waals surface area contributed by atoms with Crippen LogP contribution in [-0.4, -0.2) is 46.6 Å². The number of carbonyl (C=O) groups is 1. The molecule has 1 amide bonds. The maximum atomic E-state index is 14.7. The van der Waals surface area contributed by atoms with Gasteiger partial charge in [0.05, 0.1) is 0 Å². The number of nitrogens with zero attached hydrogens (tertiary/aromatic N) is 4. The van der Waals surface area contributed by atoms with E-state index in [0.29, 0.717) is 5.56 Å². The number of benzene rings is 1. The van der Waals surface area contributed by atoms with Crippen LogP contribution in [0.2, 0.25) is 0 Å². The molecule has 1 aliphatic heterocycles. The lowest BCUT2D eigenvalue weighted by atomic mass is 10.2. The topological polar surface area (TPSA) is 118 Å². The summed E-state index contributed by atoms with van der Waals surface area (Å²) in [6.07, 6.45) is 0. The van der Waals surface area contributed by atoms with E-state index in [0.717, 1.165) is 0 Å². The van der Waals surface area contributed by atoms with Crippen molar-refractivity contribution in [3.05, 3.63) is 35.9 Å². The monoisotopic (exact) mass is 587 g/mol. The second-order valence-electron chi connectivity index (χ2n) is 11.5. The smallest absolute Gasteiger partial charge is 0.266 e. The highest BCUT2D eigenvalue weighted by molar-refractivity contribution is 7.86. The fourth-order valence-corrected chi connectivity index (χ4v) is 18.2. The van der Waals surface area contributed by atoms with Crippen molar-refractivity contribution in [1.82, 2.24) is 29.9 Å². The van der Waals surface area contributed by atoms with Crippen LogP contribution < -0.4 is 25.4 Å². The van der Waals surface area contributed by atoms with Crippen molar-refractivity contribution >= 4 is 28.4 Å². The number of rotatable bonds is 12. The molecule has 218 valence electrons. The maximum Gasteiger partial charge on any atom is 0.266 e. The molecule has 0 atom stereocenters. The van der Waals surface area contributed by atoms with Crippen LogP contribution >= 0.6 is 22.5 Å². The second-order valence-corrected chi connectivity index (χ2v) is 19.1. The molecule has 2 rings (SSSR count). The Morgan fingerprint density at radius 2 is 1.03 bits per heavy atom. The number of amides is 1. The van der Waals surface area contributed by atoms with Crippen molar-refractivity contribution in [2.45, 2.75) is 119 Å². The highest BCUT2D eigenvalue weighted by Crippen LogP contribution is 2.77. The SMILES string of the molecule is CC(C)N=P1(NC(C)C)N=P(NC(C)C)(NC(C)C)N(C(=O)c2ccccc2)P(NC(C)C)(NC(C)C)=N1. The molecule has 1 aromatic rings. The van der Waals surface area contributed by atoms with E-state index in [4.69, 9.17) is 13.8 Å². The van der Waals surface area contributed by atoms with Gasteiger partial charge in [-0.3, -0.25) is 25.1 Å². The van der Waals surface area contributed by atoms with Crippen LogP contribution in [0.5, 0.6) is 0 Å². The molecule has 1 aromatic carbocycles. The first-order valence-corrected chi connectivity index (χ1v) is 18.8. The molecule has 0 saturated carbocycles. The van der Waals surface area contributed by atoms with E-state index in [2.05, 4.69) is 109 Å². The van der Waals surface area contributed by atoms with Gasteiger partial charge in [-0.15, -0.1) is 0 Å². The normalized spacial score (nSPS) is 18.4. The standard InChI is InChI=1S/C25H52N9OP3/c1-18(2)26-36(27-19(3)4)32-37(28-20(5)6,29-21(7)8)34(25(35)24-16-14-13-15-17-24)38(33-36,30-22(9)10)31-23(11)12/h13-23,26,28-31H,1-12H3. The molecule has 0 fully saturated rings. The molecule has 0 aromatic heterocycles. The van der Waals surface area contributed by atoms with Crippen LogP contribution in [-0.2, 0) is 0 Å². The largest absolute Gasteiger partial charge is 0.268 e. The Morgan fingerprint density at radius 1 is 0.658 bits per heavy atom. The Balaban J connectivity index is 3.21. The van der Waals surface area contributed by atoms with Gasteiger partial charge in [-0.2, -0.15) is 9.03 Å². The molecule has 0 bridgehead atoms. The van der Waals surface area contributed by atoms with Gasteiger partial charge in [0.1, 0.15) is 0 Å². The zero-order valence-corrected chi connectivity index (χ0v) is 28.1. The Morgan fingerprint density at radius 3 is 1.34 bits per heavy atom. The van der Waals surface area contributed by atoms with Gasteiger partial charge in [0.25, 0.3) is 13.4 Å². The molecule has 13 heteroatoms. The molecule has 5 N–H and O–H groups in total. The van der Waals surface area contributed by atoms with Crippen molar-refractivity contribution < 1.29 is 4.79 Å². The molecule has 1 heterocycles. The zero-order chi connectivity index (χ0) is 28.9. The zero-order valence-electron chi connectivity index (χ0n) is 25.4. The molecule has 0 spiro atoms. The fourth-order valence-electron chi connectivity index (χ4n) is 4.24. The minimum Gasteiger partial charge on any atom is -0.268 e. The number of carbonyl (C=O) groups excluding carboxylic acids is 1. The summed E-state index contributed by atoms with van der Waals surface area (Å²) in [6.45, 7) is 25.1. The summed E-state index contributed by atoms with van der Waals surface area (Å²) in [6, 6.07) is 9.72. The van der Waals surface area contributed by atoms with Crippen molar-refractivity contribution in [3.63, 3.8) is 0 Å². The third-order valence-electron chi connectivity index (χ3n) is 4.84. The van der Waals surface area contributed by atoms with Gasteiger partial charge in [0.2, 0.25) is 15.0 Å². The fraction of sp³-hybridized carbons (Fsp3) is 0.720. The van der Waals surface area contributed by atoms with E-state index in [9.17, 15) is 4.79 Å². The Labute approximate surface area is 232 Å². The second kappa shape index (κ2) is 13.7. The summed E-state index contributed by atoms with van der Waals surface area (Å²) in [4.78, 5) is 14.7. The van der Waals surface area contributed by atoms with Gasteiger partial charge in [0, 0.05) is 41.8 Å². The summed E-state index contributed by atoms with van der Waals surface area (Å²) in [5.41, 5.74) is 0.599. The Bertz CT molecular complexity index is 1020. The first-order chi connectivity index (χ1) is 17.6. The Kier molecular flexibility index (Phi) is 12.0. The van der Waals surface area contributed by atoms with E-state index in [1.165, 1.54) is 0 Å². The highest BCUT2D eigenvalue weighted by atomic mass is 31.3. The summed E-state index contributed by atoms with van der Waals surface area (Å²) >= 11 is 0. The predicted molar refractivity (Wildman–Crippen MR) is 167 cm³/mol. The van der Waals surface area contributed by atoms with Crippen LogP contribution in [0.25, 0.3) is 0 Å². The molecule has 38 heavy (non-hydrogen) atoms. The van der Waals surface area contributed by atoms with E-state index >= 15 is 0 Å². The van der Waals surface area contributed by atoms with Crippen LogP contribution in [0, 0.1) is 0 Å². The molecule has 0 saturated heterocycles. The van der Waals surface area contributed by atoms with Crippen molar-refractivity contribution in [3.8, 4) is 0 Å². The lowest BCUT2D eigenvalue weighted by Gasteiger charge is -2.51. The van der Waals surface area contributed by atoms with Crippen molar-refractivity contribution in [1.29, 1.82) is 0 Å². The molecule has 0 radical (unpaired) electrons. The van der Waals surface area contributed by atoms with Gasteiger partial charge in [-0.25, -0.2) is 14.3 Å². The van der Waals surface area contributed by atoms with Gasteiger partial charge in [-0.1, -0.05) is 18.2 Å². The quantitative estimate of drug-likeness (QED) is 0.163. The lowest BCUT2D eigenvalue weighted by Crippen LogP contribution is -2.49. The molecule has 0 aliphatic carbocycles. The van der Waals surface area contributed by atoms with Gasteiger partial charge < -0.3 is 0 Å². The number of nitrogens with one attached hydrogen (secondary N) is 5. The van der Waals surface area contributed by atoms with Gasteiger partial charge >= 0.3 is 0 Å². The van der Waals surface area contributed by atoms with Crippen LogP contribution in [0.15, 0.2) is 44.1 Å². The first kappa shape index (κ1) is 33.4. The molecule has 1 aliphatic rings. The van der Waals surface area contributed by atoms with E-state index in [-0.39, 0.29) is 42.2 Å². The number of hydrogen-bond donors (Lipinski definition) is 5. The average Bonchev–Trinajstić information content (AvgIpc) is 2.70. The van der Waals surface area contributed by atoms with E-state index in [1.807, 2.05) is 34.8 Å². The third kappa shape index (κ3) is 8.59. The lowest BCUT2D eigenvalue weighted by molar-refractivity contribution is 0.0920. The van der Waals surface area contributed by atoms with Gasteiger partial charge in [-0.05, 0) is 95.2 Å². The highest BCUT2D eigenvalue weighted by Gasteiger charge is 2.50. The third-order valence-corrected chi connectivity index (χ3v) is 17.1. The van der Waals surface area contributed by atoms with E-state index in [1.54, 1.807) is 0 Å². The van der Waals surface area contributed by atoms with Crippen molar-refractivity contribution in [2.24, 2.45) is 13.8 Å². The predicted octanol–water partition coefficient (Wildman–Crippen LogP) is 7.38. The molecule has 10 nitrogen and oxygen atoms in total. The minimum absolute atomic E-state index is 0.00143. The summed E-state index contributed by atoms with van der Waals surface area (Å²) in [5, 5.41) is 18.8. The van der Waals surface area contributed by atoms with Crippen molar-refractivity contribution in [2.75, 3.05) is 0 Å². The minimum atomic E-state index is -2.97. The molecular formula is C25H52N9OP3. The van der Waals surface area contributed by atoms with Crippen LogP contribution in [0.3, 0.4) is 0 Å². The summed E-state index contributed by atoms with van der Waals surface area (Å²) in [5.74, 6) is -0.116. The average molecular weight is 588 g/mol. The Hall–Kier alpha value is -0.820. The van der Waals surface area contributed by atoms with E-state index < -0.39 is 22.5 Å². The number of hydrogen-bond acceptors (Lipinski definition) is 6. The molecular weight excluding hydrogens is 535 g/mol. The van der Waals surface area contributed by atoms with Gasteiger partial charge in [0.15, 0.2) is 0 Å². The molecule has 0 unspecified atom stereocenters. The summed E-state index contributed by atoms with van der Waals surface area (Å²) < 4.78 is 18.3. The van der Waals surface area contributed by atoms with Crippen LogP contribution in [0.4, 0.5) is 0 Å². The maximum absolute atomic E-state index is 14.7. The summed E-state index contributed by atoms with van der Waals surface area (Å²) in [7, 11) is -8.80.